The maximum absolute atomic E-state index is 12.9. The van der Waals surface area contributed by atoms with Crippen molar-refractivity contribution in [3.63, 3.8) is 0 Å². The number of unbranched alkanes of at least 4 members (excludes halogenated alkanes) is 37. The summed E-state index contributed by atoms with van der Waals surface area (Å²) in [4.78, 5) is 60.6. The molecule has 0 aliphatic rings. The van der Waals surface area contributed by atoms with E-state index in [1.807, 2.05) is 0 Å². The average Bonchev–Trinajstić information content (AvgIpc) is 3.34. The molecular weight excluding hydrogens is 918 g/mol. The number of nitrogens with one attached hydrogen (secondary N) is 1. The molecule has 0 radical (unpaired) electrons. The molecule has 0 saturated heterocycles. The number of ether oxygens (including phenoxy) is 2. The molecule has 0 aliphatic heterocycles. The van der Waals surface area contributed by atoms with Crippen LogP contribution < -0.4 is 5.32 Å². The molecule has 418 valence electrons. The number of carbonyl (C=O) groups excluding carboxylic acids is 3. The molecule has 0 aromatic carbocycles. The number of allylic oxidation sites excluding steroid dienone is 2. The molecule has 0 spiro atoms. The standard InChI is InChI=1S/C58H110NO11P/c1-4-7-10-13-16-19-22-25-27-30-33-36-39-42-45-48-56(61)67-50-53(70-57(62)49-46-43-40-37-34-31-28-26-23-20-17-14-11-8-5-2)51-68-71(65,66)69-52-54(58(63)64)59-55(60)47-44-41-38-35-32-29-24-21-18-15-12-9-6-3/h26,28,53-54H,4-25,27,29-52H2,1-3H3,(H,59,60)(H,63,64)(H,65,66)/b28-26-/t53-,54+/m1/s1. The van der Waals surface area contributed by atoms with Gasteiger partial charge in [0.25, 0.3) is 0 Å². The van der Waals surface area contributed by atoms with Gasteiger partial charge in [0.05, 0.1) is 13.2 Å². The number of rotatable bonds is 56. The van der Waals surface area contributed by atoms with Crippen molar-refractivity contribution in [1.29, 1.82) is 0 Å². The van der Waals surface area contributed by atoms with Crippen LogP contribution in [0.5, 0.6) is 0 Å². The van der Waals surface area contributed by atoms with E-state index < -0.39 is 57.0 Å². The number of carboxylic acids is 1. The first-order chi connectivity index (χ1) is 34.5. The molecule has 3 atom stereocenters. The van der Waals surface area contributed by atoms with Gasteiger partial charge in [0.15, 0.2) is 12.1 Å². The molecule has 0 aromatic heterocycles. The quantitative estimate of drug-likeness (QED) is 0.0229. The van der Waals surface area contributed by atoms with Gasteiger partial charge in [-0.25, -0.2) is 9.36 Å². The van der Waals surface area contributed by atoms with Gasteiger partial charge in [-0.15, -0.1) is 0 Å². The van der Waals surface area contributed by atoms with Crippen molar-refractivity contribution in [3.05, 3.63) is 12.2 Å². The van der Waals surface area contributed by atoms with E-state index in [2.05, 4.69) is 38.2 Å². The summed E-state index contributed by atoms with van der Waals surface area (Å²) < 4.78 is 34.1. The molecule has 0 heterocycles. The maximum atomic E-state index is 12.9. The third-order valence-corrected chi connectivity index (χ3v) is 14.3. The molecule has 1 amide bonds. The second-order valence-corrected chi connectivity index (χ2v) is 21.8. The molecular formula is C58H110NO11P. The monoisotopic (exact) mass is 1030 g/mol. The fourth-order valence-corrected chi connectivity index (χ4v) is 9.49. The highest BCUT2D eigenvalue weighted by molar-refractivity contribution is 7.47. The summed E-state index contributed by atoms with van der Waals surface area (Å²) in [5.41, 5.74) is 0. The lowest BCUT2D eigenvalue weighted by atomic mass is 10.0. The Morgan fingerprint density at radius 2 is 0.761 bits per heavy atom. The fourth-order valence-electron chi connectivity index (χ4n) is 8.73. The smallest absolute Gasteiger partial charge is 0.472 e. The van der Waals surface area contributed by atoms with Gasteiger partial charge in [-0.1, -0.05) is 251 Å². The molecule has 12 nitrogen and oxygen atoms in total. The number of phosphoric acid groups is 1. The Bertz CT molecular complexity index is 1310. The topological polar surface area (TPSA) is 175 Å². The minimum Gasteiger partial charge on any atom is -0.480 e. The number of hydrogen-bond acceptors (Lipinski definition) is 9. The highest BCUT2D eigenvalue weighted by atomic mass is 31.2. The van der Waals surface area contributed by atoms with E-state index in [9.17, 15) is 33.7 Å². The zero-order chi connectivity index (χ0) is 52.1. The highest BCUT2D eigenvalue weighted by Crippen LogP contribution is 2.43. The molecule has 0 bridgehead atoms. The molecule has 13 heteroatoms. The predicted molar refractivity (Wildman–Crippen MR) is 291 cm³/mol. The third-order valence-electron chi connectivity index (χ3n) is 13.3. The number of amides is 1. The zero-order valence-electron chi connectivity index (χ0n) is 46.1. The van der Waals surface area contributed by atoms with Crippen molar-refractivity contribution in [2.24, 2.45) is 0 Å². The van der Waals surface area contributed by atoms with E-state index >= 15 is 0 Å². The SMILES string of the molecule is CCCCCCCC/C=C\CCCCCCCC(=O)O[C@H](COC(=O)CCCCCCCCCCCCCCCCC)COP(=O)(O)OC[C@H](NC(=O)CCCCCCCCCCCCCCC)C(=O)O. The van der Waals surface area contributed by atoms with E-state index in [0.717, 1.165) is 77.0 Å². The average molecular weight is 1030 g/mol. The van der Waals surface area contributed by atoms with Crippen LogP contribution in [0.25, 0.3) is 0 Å². The number of aliphatic carboxylic acids is 1. The molecule has 3 N–H and O–H groups in total. The van der Waals surface area contributed by atoms with Gasteiger partial charge in [0.1, 0.15) is 6.61 Å². The van der Waals surface area contributed by atoms with Gasteiger partial charge >= 0.3 is 25.7 Å². The molecule has 1 unspecified atom stereocenters. The Morgan fingerprint density at radius 3 is 1.14 bits per heavy atom. The second-order valence-electron chi connectivity index (χ2n) is 20.3. The van der Waals surface area contributed by atoms with Crippen LogP contribution >= 0.6 is 7.82 Å². The Kier molecular flexibility index (Phi) is 50.9. The van der Waals surface area contributed by atoms with Crippen molar-refractivity contribution in [2.45, 2.75) is 315 Å². The lowest BCUT2D eigenvalue weighted by molar-refractivity contribution is -0.161. The van der Waals surface area contributed by atoms with Crippen LogP contribution in [0.2, 0.25) is 0 Å². The van der Waals surface area contributed by atoms with E-state index in [1.54, 1.807) is 0 Å². The normalized spacial score (nSPS) is 13.3. The van der Waals surface area contributed by atoms with Gasteiger partial charge in [-0.3, -0.25) is 23.4 Å². The molecule has 0 fully saturated rings. The second kappa shape index (κ2) is 52.6. The number of carbonyl (C=O) groups is 4. The molecule has 71 heavy (non-hydrogen) atoms. The summed E-state index contributed by atoms with van der Waals surface area (Å²) in [5.74, 6) is -2.91. The summed E-state index contributed by atoms with van der Waals surface area (Å²) >= 11 is 0. The number of phosphoric ester groups is 1. The minimum absolute atomic E-state index is 0.133. The predicted octanol–water partition coefficient (Wildman–Crippen LogP) is 16.9. The Labute approximate surface area is 435 Å². The van der Waals surface area contributed by atoms with Gasteiger partial charge in [-0.2, -0.15) is 0 Å². The van der Waals surface area contributed by atoms with Crippen molar-refractivity contribution < 1.29 is 52.3 Å². The van der Waals surface area contributed by atoms with Crippen LogP contribution in [0, 0.1) is 0 Å². The van der Waals surface area contributed by atoms with Crippen LogP contribution in [0.15, 0.2) is 12.2 Å². The van der Waals surface area contributed by atoms with Crippen LogP contribution in [-0.2, 0) is 42.3 Å². The van der Waals surface area contributed by atoms with Crippen LogP contribution in [-0.4, -0.2) is 65.8 Å². The summed E-state index contributed by atoms with van der Waals surface area (Å²) in [5, 5.41) is 12.1. The highest BCUT2D eigenvalue weighted by Gasteiger charge is 2.30. The first-order valence-corrected chi connectivity index (χ1v) is 31.2. The number of hydrogen-bond donors (Lipinski definition) is 3. The zero-order valence-corrected chi connectivity index (χ0v) is 47.0. The lowest BCUT2D eigenvalue weighted by Gasteiger charge is -2.21. The largest absolute Gasteiger partial charge is 0.480 e. The van der Waals surface area contributed by atoms with Crippen molar-refractivity contribution in [2.75, 3.05) is 19.8 Å². The van der Waals surface area contributed by atoms with E-state index in [0.29, 0.717) is 19.3 Å². The third kappa shape index (κ3) is 51.0. The van der Waals surface area contributed by atoms with Crippen molar-refractivity contribution >= 4 is 31.6 Å². The van der Waals surface area contributed by atoms with Crippen LogP contribution in [0.3, 0.4) is 0 Å². The molecule has 0 aromatic rings. The summed E-state index contributed by atoms with van der Waals surface area (Å²) in [6, 6.07) is -1.57. The summed E-state index contributed by atoms with van der Waals surface area (Å²) in [6.07, 6.45) is 51.9. The van der Waals surface area contributed by atoms with E-state index in [4.69, 9.17) is 18.5 Å². The van der Waals surface area contributed by atoms with Crippen molar-refractivity contribution in [1.82, 2.24) is 5.32 Å². The van der Waals surface area contributed by atoms with E-state index in [-0.39, 0.29) is 25.9 Å². The lowest BCUT2D eigenvalue weighted by Crippen LogP contribution is -2.43. The van der Waals surface area contributed by atoms with Gasteiger partial charge in [0.2, 0.25) is 5.91 Å². The maximum Gasteiger partial charge on any atom is 0.472 e. The van der Waals surface area contributed by atoms with Gasteiger partial charge < -0.3 is 24.8 Å². The van der Waals surface area contributed by atoms with Crippen LogP contribution in [0.4, 0.5) is 0 Å². The molecule has 0 rings (SSSR count). The summed E-state index contributed by atoms with van der Waals surface area (Å²) in [7, 11) is -4.88. The van der Waals surface area contributed by atoms with Crippen LogP contribution in [0.1, 0.15) is 303 Å². The Hall–Kier alpha value is -2.27. The number of carboxylic acid groups (broad SMARTS) is 1. The summed E-state index contributed by atoms with van der Waals surface area (Å²) in [6.45, 7) is 4.91. The fraction of sp³-hybridized carbons (Fsp3) is 0.897. The first-order valence-electron chi connectivity index (χ1n) is 29.7. The Morgan fingerprint density at radius 1 is 0.437 bits per heavy atom. The van der Waals surface area contributed by atoms with E-state index in [1.165, 1.54) is 167 Å². The molecule has 0 saturated carbocycles. The van der Waals surface area contributed by atoms with Crippen molar-refractivity contribution in [3.8, 4) is 0 Å². The molecule has 0 aliphatic carbocycles. The first kappa shape index (κ1) is 68.7. The van der Waals surface area contributed by atoms with Gasteiger partial charge in [-0.05, 0) is 44.9 Å². The Balaban J connectivity index is 4.77. The number of esters is 2. The minimum atomic E-state index is -4.88. The van der Waals surface area contributed by atoms with Gasteiger partial charge in [0, 0.05) is 19.3 Å².